The molecule has 2 unspecified atom stereocenters. The van der Waals surface area contributed by atoms with Gasteiger partial charge in [0.05, 0.1) is 17.9 Å². The molecule has 1 aromatic carbocycles. The number of allylic oxidation sites excluding steroid dienone is 4. The van der Waals surface area contributed by atoms with Gasteiger partial charge in [-0.3, -0.25) is 4.79 Å². The lowest BCUT2D eigenvalue weighted by molar-refractivity contribution is -0.274. The van der Waals surface area contributed by atoms with Crippen LogP contribution in [-0.2, 0) is 9.53 Å². The average Bonchev–Trinajstić information content (AvgIpc) is 2.99. The molecule has 2 heterocycles. The van der Waals surface area contributed by atoms with Crippen molar-refractivity contribution in [2.45, 2.75) is 13.3 Å². The summed E-state index contributed by atoms with van der Waals surface area (Å²) in [6.45, 7) is 2.60. The predicted octanol–water partition coefficient (Wildman–Crippen LogP) is 3.40. The quantitative estimate of drug-likeness (QED) is 0.534. The fourth-order valence-corrected chi connectivity index (χ4v) is 4.36. The van der Waals surface area contributed by atoms with Crippen LogP contribution in [0.25, 0.3) is 0 Å². The number of hydrogen-bond acceptors (Lipinski definition) is 6. The molecule has 32 heavy (non-hydrogen) atoms. The number of benzene rings is 1. The van der Waals surface area contributed by atoms with Crippen LogP contribution in [-0.4, -0.2) is 37.8 Å². The number of alkyl halides is 3. The van der Waals surface area contributed by atoms with E-state index in [0.29, 0.717) is 13.1 Å². The van der Waals surface area contributed by atoms with Crippen LogP contribution in [0.3, 0.4) is 0 Å². The van der Waals surface area contributed by atoms with Gasteiger partial charge in [0.25, 0.3) is 0 Å². The van der Waals surface area contributed by atoms with Crippen molar-refractivity contribution in [3.63, 3.8) is 0 Å². The lowest BCUT2D eigenvalue weighted by Gasteiger charge is -2.35. The Morgan fingerprint density at radius 2 is 1.94 bits per heavy atom. The van der Waals surface area contributed by atoms with Gasteiger partial charge in [-0.25, -0.2) is 4.79 Å². The summed E-state index contributed by atoms with van der Waals surface area (Å²) >= 11 is 0. The van der Waals surface area contributed by atoms with Crippen LogP contribution in [0.4, 0.5) is 13.2 Å². The summed E-state index contributed by atoms with van der Waals surface area (Å²) in [4.78, 5) is 26.0. The van der Waals surface area contributed by atoms with Crippen molar-refractivity contribution in [3.05, 3.63) is 77.2 Å². The molecule has 0 saturated carbocycles. The van der Waals surface area contributed by atoms with Gasteiger partial charge in [-0.05, 0) is 48.9 Å². The molecule has 3 aliphatic rings. The van der Waals surface area contributed by atoms with E-state index in [0.717, 1.165) is 23.4 Å². The Morgan fingerprint density at radius 1 is 1.19 bits per heavy atom. The van der Waals surface area contributed by atoms with Gasteiger partial charge in [-0.1, -0.05) is 18.2 Å². The molecule has 1 aliphatic carbocycles. The van der Waals surface area contributed by atoms with Gasteiger partial charge in [0, 0.05) is 24.4 Å². The van der Waals surface area contributed by atoms with Crippen molar-refractivity contribution in [1.29, 1.82) is 0 Å². The fraction of sp³-hybridized carbons (Fsp3) is 0.304. The minimum Gasteiger partial charge on any atom is -0.461 e. The van der Waals surface area contributed by atoms with Crippen LogP contribution in [0, 0.1) is 11.3 Å². The maximum atomic E-state index is 13.5. The molecule has 2 aliphatic heterocycles. The first-order chi connectivity index (χ1) is 15.2. The predicted molar refractivity (Wildman–Crippen MR) is 109 cm³/mol. The van der Waals surface area contributed by atoms with Crippen LogP contribution in [0.2, 0.25) is 0 Å². The van der Waals surface area contributed by atoms with Gasteiger partial charge in [0.1, 0.15) is 11.4 Å². The van der Waals surface area contributed by atoms with Gasteiger partial charge in [0.15, 0.2) is 5.78 Å². The molecular weight excluding hydrogens is 425 g/mol. The Bertz CT molecular complexity index is 1050. The Morgan fingerprint density at radius 3 is 2.62 bits per heavy atom. The molecule has 1 spiro atoms. The van der Waals surface area contributed by atoms with Gasteiger partial charge in [0.2, 0.25) is 0 Å². The Balaban J connectivity index is 1.72. The summed E-state index contributed by atoms with van der Waals surface area (Å²) in [6.07, 6.45) is 4.45. The molecule has 0 radical (unpaired) electrons. The average molecular weight is 446 g/mol. The van der Waals surface area contributed by atoms with E-state index in [9.17, 15) is 22.8 Å². The van der Waals surface area contributed by atoms with E-state index in [1.54, 1.807) is 13.0 Å². The summed E-state index contributed by atoms with van der Waals surface area (Å²) in [5.41, 5.74) is 1.21. The van der Waals surface area contributed by atoms with E-state index in [2.05, 4.69) is 15.4 Å². The molecule has 6 nitrogen and oxygen atoms in total. The number of carbonyl (C=O) groups excluding carboxylic acids is 2. The number of nitrogens with one attached hydrogen (secondary N) is 2. The maximum Gasteiger partial charge on any atom is 0.573 e. The van der Waals surface area contributed by atoms with Crippen molar-refractivity contribution in [3.8, 4) is 5.75 Å². The Hall–Kier alpha value is -3.49. The first-order valence-corrected chi connectivity index (χ1v) is 10.1. The van der Waals surface area contributed by atoms with Crippen molar-refractivity contribution < 1.29 is 32.2 Å². The van der Waals surface area contributed by atoms with Gasteiger partial charge in [-0.15, -0.1) is 13.2 Å². The molecule has 0 bridgehead atoms. The summed E-state index contributed by atoms with van der Waals surface area (Å²) < 4.78 is 46.4. The van der Waals surface area contributed by atoms with Crippen molar-refractivity contribution >= 4 is 11.8 Å². The van der Waals surface area contributed by atoms with E-state index in [1.807, 2.05) is 24.3 Å². The standard InChI is InChI=1S/C23H21F3N2O4/c1-2-31-21(30)18-12-22-15(10-11-27-18)4-3-5-19(22)28-13-17(22)20(29)14-6-8-16(9-7-14)32-23(24,25)26/h3-10,12,17,27-28H,2,11,13H2,1H3. The molecule has 9 heteroatoms. The van der Waals surface area contributed by atoms with Gasteiger partial charge in [-0.2, -0.15) is 0 Å². The molecule has 4 rings (SSSR count). The molecular formula is C23H21F3N2O4. The van der Waals surface area contributed by atoms with Crippen molar-refractivity contribution in [1.82, 2.24) is 10.6 Å². The highest BCUT2D eigenvalue weighted by Crippen LogP contribution is 2.51. The Labute approximate surface area is 182 Å². The molecule has 0 amide bonds. The Kier molecular flexibility index (Phi) is 5.58. The highest BCUT2D eigenvalue weighted by Gasteiger charge is 2.52. The normalized spacial score (nSPS) is 23.9. The molecule has 168 valence electrons. The van der Waals surface area contributed by atoms with E-state index >= 15 is 0 Å². The summed E-state index contributed by atoms with van der Waals surface area (Å²) in [7, 11) is 0. The van der Waals surface area contributed by atoms with E-state index in [1.165, 1.54) is 12.1 Å². The second kappa shape index (κ2) is 8.22. The van der Waals surface area contributed by atoms with Crippen LogP contribution in [0.1, 0.15) is 17.3 Å². The topological polar surface area (TPSA) is 76.7 Å². The third-order valence-corrected chi connectivity index (χ3v) is 5.68. The molecule has 2 N–H and O–H groups in total. The van der Waals surface area contributed by atoms with Gasteiger partial charge >= 0.3 is 12.3 Å². The lowest BCUT2D eigenvalue weighted by atomic mass is 9.65. The molecule has 1 fully saturated rings. The molecule has 1 aromatic rings. The number of hydrogen-bond donors (Lipinski definition) is 2. The smallest absolute Gasteiger partial charge is 0.461 e. The number of Topliss-reactive ketones (excluding diaryl/α,β-unsaturated/α-hetero) is 1. The lowest BCUT2D eigenvalue weighted by Crippen LogP contribution is -2.35. The summed E-state index contributed by atoms with van der Waals surface area (Å²) in [6, 6.07) is 4.86. The van der Waals surface area contributed by atoms with Crippen LogP contribution in [0.15, 0.2) is 71.6 Å². The van der Waals surface area contributed by atoms with E-state index in [4.69, 9.17) is 4.74 Å². The fourth-order valence-electron chi connectivity index (χ4n) is 4.36. The van der Waals surface area contributed by atoms with Crippen LogP contribution in [0.5, 0.6) is 5.75 Å². The van der Waals surface area contributed by atoms with Crippen molar-refractivity contribution in [2.24, 2.45) is 11.3 Å². The van der Waals surface area contributed by atoms with Crippen LogP contribution < -0.4 is 15.4 Å². The second-order valence-electron chi connectivity index (χ2n) is 7.50. The zero-order chi connectivity index (χ0) is 22.9. The summed E-state index contributed by atoms with van der Waals surface area (Å²) in [5, 5.41) is 6.31. The van der Waals surface area contributed by atoms with E-state index < -0.39 is 29.4 Å². The first kappa shape index (κ1) is 21.7. The largest absolute Gasteiger partial charge is 0.573 e. The third kappa shape index (κ3) is 3.90. The minimum absolute atomic E-state index is 0.209. The SMILES string of the molecule is CCOC(=O)C1=CC23C(=CCN1)C=CC=C2NCC3C(=O)c1ccc(OC(F)(F)F)cc1. The molecule has 0 aromatic heterocycles. The molecule has 2 atom stereocenters. The maximum absolute atomic E-state index is 13.5. The highest BCUT2D eigenvalue weighted by molar-refractivity contribution is 6.00. The van der Waals surface area contributed by atoms with Gasteiger partial charge < -0.3 is 20.1 Å². The van der Waals surface area contributed by atoms with Crippen LogP contribution >= 0.6 is 0 Å². The second-order valence-corrected chi connectivity index (χ2v) is 7.50. The number of rotatable bonds is 5. The molecule has 1 saturated heterocycles. The third-order valence-electron chi connectivity index (χ3n) is 5.68. The monoisotopic (exact) mass is 446 g/mol. The first-order valence-electron chi connectivity index (χ1n) is 10.1. The van der Waals surface area contributed by atoms with Crippen molar-refractivity contribution in [2.75, 3.05) is 19.7 Å². The number of ether oxygens (including phenoxy) is 2. The zero-order valence-electron chi connectivity index (χ0n) is 17.2. The number of halogens is 3. The number of esters is 1. The number of carbonyl (C=O) groups is 2. The number of ketones is 1. The van der Waals surface area contributed by atoms with E-state index in [-0.39, 0.29) is 23.7 Å². The summed E-state index contributed by atoms with van der Waals surface area (Å²) in [5.74, 6) is -1.80. The zero-order valence-corrected chi connectivity index (χ0v) is 17.2. The minimum atomic E-state index is -4.81. The highest BCUT2D eigenvalue weighted by atomic mass is 19.4.